The van der Waals surface area contributed by atoms with Crippen molar-refractivity contribution in [1.82, 2.24) is 20.4 Å². The second-order valence-corrected chi connectivity index (χ2v) is 4.67. The van der Waals surface area contributed by atoms with Crippen LogP contribution in [0.1, 0.15) is 24.1 Å². The van der Waals surface area contributed by atoms with Crippen LogP contribution in [0.25, 0.3) is 0 Å². The maximum absolute atomic E-state index is 11.9. The average Bonchev–Trinajstić information content (AvgIpc) is 2.66. The molecule has 5 heteroatoms. The number of carbonyl (C=O) groups excluding carboxylic acids is 1. The standard InChI is InChI=1S/C12H20N4O/c1-9-11(8-16(2)15-9)7-14-12(17)10-4-3-5-13-6-10/h8,10,13H,3-7H2,1-2H3,(H,14,17)/t10-/m1/s1. The molecule has 17 heavy (non-hydrogen) atoms. The summed E-state index contributed by atoms with van der Waals surface area (Å²) in [4.78, 5) is 11.9. The van der Waals surface area contributed by atoms with E-state index in [-0.39, 0.29) is 11.8 Å². The number of aromatic nitrogens is 2. The zero-order chi connectivity index (χ0) is 12.3. The van der Waals surface area contributed by atoms with Gasteiger partial charge in [0.1, 0.15) is 0 Å². The Morgan fingerprint density at radius 1 is 1.71 bits per heavy atom. The van der Waals surface area contributed by atoms with E-state index in [2.05, 4.69) is 15.7 Å². The summed E-state index contributed by atoms with van der Waals surface area (Å²) in [6.45, 7) is 4.38. The van der Waals surface area contributed by atoms with Crippen molar-refractivity contribution in [2.24, 2.45) is 13.0 Å². The fourth-order valence-electron chi connectivity index (χ4n) is 2.22. The summed E-state index contributed by atoms with van der Waals surface area (Å²) in [5.41, 5.74) is 2.07. The van der Waals surface area contributed by atoms with Crippen LogP contribution in [0.2, 0.25) is 0 Å². The van der Waals surface area contributed by atoms with Crippen molar-refractivity contribution in [3.8, 4) is 0 Å². The molecule has 0 spiro atoms. The zero-order valence-corrected chi connectivity index (χ0v) is 10.5. The maximum atomic E-state index is 11.9. The lowest BCUT2D eigenvalue weighted by Gasteiger charge is -2.21. The summed E-state index contributed by atoms with van der Waals surface area (Å²) in [6, 6.07) is 0. The van der Waals surface area contributed by atoms with Crippen molar-refractivity contribution in [3.05, 3.63) is 17.5 Å². The molecule has 0 bridgehead atoms. The van der Waals surface area contributed by atoms with Crippen molar-refractivity contribution in [1.29, 1.82) is 0 Å². The third-order valence-corrected chi connectivity index (χ3v) is 3.24. The van der Waals surface area contributed by atoms with Crippen LogP contribution in [0.4, 0.5) is 0 Å². The number of aryl methyl sites for hydroxylation is 2. The van der Waals surface area contributed by atoms with Crippen LogP contribution in [0.15, 0.2) is 6.20 Å². The van der Waals surface area contributed by atoms with E-state index < -0.39 is 0 Å². The lowest BCUT2D eigenvalue weighted by atomic mass is 9.99. The van der Waals surface area contributed by atoms with Crippen molar-refractivity contribution in [2.45, 2.75) is 26.3 Å². The summed E-state index contributed by atoms with van der Waals surface area (Å²) < 4.78 is 1.78. The minimum atomic E-state index is 0.126. The predicted molar refractivity (Wildman–Crippen MR) is 65.4 cm³/mol. The number of carbonyl (C=O) groups is 1. The van der Waals surface area contributed by atoms with E-state index in [1.54, 1.807) is 4.68 Å². The first-order valence-electron chi connectivity index (χ1n) is 6.14. The molecule has 2 rings (SSSR count). The predicted octanol–water partition coefficient (Wildman–Crippen LogP) is 0.344. The van der Waals surface area contributed by atoms with Gasteiger partial charge in [0, 0.05) is 31.9 Å². The Labute approximate surface area is 102 Å². The molecule has 1 saturated heterocycles. The van der Waals surface area contributed by atoms with Gasteiger partial charge in [0.25, 0.3) is 0 Å². The van der Waals surface area contributed by atoms with E-state index in [4.69, 9.17) is 0 Å². The number of amides is 1. The van der Waals surface area contributed by atoms with Gasteiger partial charge in [-0.05, 0) is 26.3 Å². The van der Waals surface area contributed by atoms with Gasteiger partial charge in [0.05, 0.1) is 11.6 Å². The van der Waals surface area contributed by atoms with Crippen LogP contribution in [0, 0.1) is 12.8 Å². The Morgan fingerprint density at radius 2 is 2.53 bits per heavy atom. The third-order valence-electron chi connectivity index (χ3n) is 3.24. The Kier molecular flexibility index (Phi) is 3.78. The SMILES string of the molecule is Cc1nn(C)cc1CNC(=O)[C@@H]1CCCNC1. The number of hydrogen-bond donors (Lipinski definition) is 2. The second kappa shape index (κ2) is 5.31. The molecule has 0 unspecified atom stereocenters. The highest BCUT2D eigenvalue weighted by atomic mass is 16.1. The fraction of sp³-hybridized carbons (Fsp3) is 0.667. The smallest absolute Gasteiger partial charge is 0.224 e. The number of piperidine rings is 1. The van der Waals surface area contributed by atoms with E-state index in [0.717, 1.165) is 37.2 Å². The highest BCUT2D eigenvalue weighted by molar-refractivity contribution is 5.78. The molecule has 0 saturated carbocycles. The summed E-state index contributed by atoms with van der Waals surface area (Å²) in [6.07, 6.45) is 4.03. The van der Waals surface area contributed by atoms with E-state index in [1.165, 1.54) is 0 Å². The van der Waals surface area contributed by atoms with Crippen molar-refractivity contribution >= 4 is 5.91 Å². The monoisotopic (exact) mass is 236 g/mol. The van der Waals surface area contributed by atoms with Gasteiger partial charge < -0.3 is 10.6 Å². The highest BCUT2D eigenvalue weighted by Crippen LogP contribution is 2.10. The van der Waals surface area contributed by atoms with Gasteiger partial charge in [0.2, 0.25) is 5.91 Å². The summed E-state index contributed by atoms with van der Waals surface area (Å²) in [7, 11) is 1.89. The van der Waals surface area contributed by atoms with Gasteiger partial charge in [-0.15, -0.1) is 0 Å². The summed E-state index contributed by atoms with van der Waals surface area (Å²) >= 11 is 0. The number of nitrogens with one attached hydrogen (secondary N) is 2. The van der Waals surface area contributed by atoms with Gasteiger partial charge in [-0.1, -0.05) is 0 Å². The highest BCUT2D eigenvalue weighted by Gasteiger charge is 2.20. The number of rotatable bonds is 3. The molecule has 2 heterocycles. The summed E-state index contributed by atoms with van der Waals surface area (Å²) in [5, 5.41) is 10.5. The molecule has 1 aromatic rings. The van der Waals surface area contributed by atoms with Crippen LogP contribution in [-0.2, 0) is 18.4 Å². The molecule has 1 fully saturated rings. The molecule has 1 amide bonds. The number of nitrogens with zero attached hydrogens (tertiary/aromatic N) is 2. The van der Waals surface area contributed by atoms with Gasteiger partial charge in [-0.25, -0.2) is 0 Å². The third kappa shape index (κ3) is 3.06. The Balaban J connectivity index is 1.85. The maximum Gasteiger partial charge on any atom is 0.224 e. The molecular weight excluding hydrogens is 216 g/mol. The van der Waals surface area contributed by atoms with Gasteiger partial charge in [-0.2, -0.15) is 5.10 Å². The van der Waals surface area contributed by atoms with E-state index in [1.807, 2.05) is 20.2 Å². The lowest BCUT2D eigenvalue weighted by Crippen LogP contribution is -2.40. The van der Waals surface area contributed by atoms with E-state index >= 15 is 0 Å². The lowest BCUT2D eigenvalue weighted by molar-refractivity contribution is -0.125. The molecule has 2 N–H and O–H groups in total. The van der Waals surface area contributed by atoms with Gasteiger partial charge in [-0.3, -0.25) is 9.48 Å². The van der Waals surface area contributed by atoms with Gasteiger partial charge in [0.15, 0.2) is 0 Å². The first kappa shape index (κ1) is 12.1. The molecule has 94 valence electrons. The van der Waals surface area contributed by atoms with Gasteiger partial charge >= 0.3 is 0 Å². The van der Waals surface area contributed by atoms with Crippen LogP contribution < -0.4 is 10.6 Å². The average molecular weight is 236 g/mol. The van der Waals surface area contributed by atoms with E-state index in [9.17, 15) is 4.79 Å². The molecule has 1 aromatic heterocycles. The molecule has 0 aliphatic carbocycles. The second-order valence-electron chi connectivity index (χ2n) is 4.67. The molecule has 1 aliphatic rings. The fourth-order valence-corrected chi connectivity index (χ4v) is 2.22. The molecule has 1 atom stereocenters. The Hall–Kier alpha value is -1.36. The topological polar surface area (TPSA) is 59.0 Å². The Bertz CT molecular complexity index is 393. The molecule has 0 aromatic carbocycles. The minimum absolute atomic E-state index is 0.126. The normalized spacial score (nSPS) is 20.2. The molecule has 1 aliphatic heterocycles. The first-order valence-corrected chi connectivity index (χ1v) is 6.14. The van der Waals surface area contributed by atoms with Crippen LogP contribution in [0.5, 0.6) is 0 Å². The van der Waals surface area contributed by atoms with Crippen LogP contribution >= 0.6 is 0 Å². The molecule has 0 radical (unpaired) electrons. The largest absolute Gasteiger partial charge is 0.352 e. The first-order chi connectivity index (χ1) is 8.16. The molecular formula is C12H20N4O. The van der Waals surface area contributed by atoms with Crippen molar-refractivity contribution < 1.29 is 4.79 Å². The Morgan fingerprint density at radius 3 is 3.12 bits per heavy atom. The van der Waals surface area contributed by atoms with Crippen LogP contribution in [-0.4, -0.2) is 28.8 Å². The van der Waals surface area contributed by atoms with E-state index in [0.29, 0.717) is 6.54 Å². The van der Waals surface area contributed by atoms with Crippen LogP contribution in [0.3, 0.4) is 0 Å². The van der Waals surface area contributed by atoms with Crippen molar-refractivity contribution in [3.63, 3.8) is 0 Å². The number of hydrogen-bond acceptors (Lipinski definition) is 3. The quantitative estimate of drug-likeness (QED) is 0.796. The van der Waals surface area contributed by atoms with Crippen molar-refractivity contribution in [2.75, 3.05) is 13.1 Å². The zero-order valence-electron chi connectivity index (χ0n) is 10.5. The minimum Gasteiger partial charge on any atom is -0.352 e. The molecule has 5 nitrogen and oxygen atoms in total. The summed E-state index contributed by atoms with van der Waals surface area (Å²) in [5.74, 6) is 0.279.